The number of nitrogens with one attached hydrogen (secondary N) is 1. The van der Waals surface area contributed by atoms with Crippen molar-refractivity contribution in [2.24, 2.45) is 0 Å². The van der Waals surface area contributed by atoms with Crippen molar-refractivity contribution in [2.75, 3.05) is 13.2 Å². The summed E-state index contributed by atoms with van der Waals surface area (Å²) in [6.45, 7) is 6.72. The zero-order chi connectivity index (χ0) is 13.2. The Morgan fingerprint density at radius 2 is 2.39 bits per heavy atom. The molecule has 0 saturated carbocycles. The number of rotatable bonds is 2. The van der Waals surface area contributed by atoms with Crippen LogP contribution in [0.5, 0.6) is 0 Å². The summed E-state index contributed by atoms with van der Waals surface area (Å²) >= 11 is 1.75. The van der Waals surface area contributed by atoms with E-state index in [-0.39, 0.29) is 6.10 Å². The van der Waals surface area contributed by atoms with Gasteiger partial charge in [-0.05, 0) is 37.8 Å². The first-order chi connectivity index (χ1) is 8.46. The molecule has 18 heavy (non-hydrogen) atoms. The maximum Gasteiger partial charge on any atom is 0.407 e. The zero-order valence-corrected chi connectivity index (χ0v) is 11.8. The van der Waals surface area contributed by atoms with Crippen molar-refractivity contribution in [3.8, 4) is 0 Å². The van der Waals surface area contributed by atoms with E-state index < -0.39 is 11.7 Å². The summed E-state index contributed by atoms with van der Waals surface area (Å²) in [5.41, 5.74) is 0.729. The standard InChI is InChI=1S/C13H19NO3S/c1-13(2,3)17-12(15)14-8-10-9-5-7-18-11(9)4-6-16-10/h5,7,10H,4,6,8H2,1-3H3,(H,14,15). The molecule has 0 aromatic carbocycles. The van der Waals surface area contributed by atoms with Gasteiger partial charge in [0.15, 0.2) is 0 Å². The Kier molecular flexibility index (Phi) is 3.92. The van der Waals surface area contributed by atoms with Gasteiger partial charge in [-0.25, -0.2) is 4.79 Å². The maximum atomic E-state index is 11.6. The predicted octanol–water partition coefficient (Wildman–Crippen LogP) is 2.89. The van der Waals surface area contributed by atoms with Crippen LogP contribution in [0.2, 0.25) is 0 Å². The van der Waals surface area contributed by atoms with Crippen LogP contribution >= 0.6 is 11.3 Å². The SMILES string of the molecule is CC(C)(C)OC(=O)NCC1OCCc2sccc21. The van der Waals surface area contributed by atoms with Gasteiger partial charge in [0.25, 0.3) is 0 Å². The van der Waals surface area contributed by atoms with E-state index in [1.807, 2.05) is 20.8 Å². The van der Waals surface area contributed by atoms with E-state index in [0.717, 1.165) is 6.42 Å². The fraction of sp³-hybridized carbons (Fsp3) is 0.615. The predicted molar refractivity (Wildman–Crippen MR) is 71.0 cm³/mol. The molecule has 1 atom stereocenters. The maximum absolute atomic E-state index is 11.6. The van der Waals surface area contributed by atoms with Crippen LogP contribution in [0.3, 0.4) is 0 Å². The number of thiophene rings is 1. The van der Waals surface area contributed by atoms with Crippen molar-refractivity contribution in [1.82, 2.24) is 5.32 Å². The number of hydrogen-bond acceptors (Lipinski definition) is 4. The molecule has 1 aliphatic heterocycles. The van der Waals surface area contributed by atoms with Crippen LogP contribution in [0.25, 0.3) is 0 Å². The number of ether oxygens (including phenoxy) is 2. The smallest absolute Gasteiger partial charge is 0.407 e. The fourth-order valence-corrected chi connectivity index (χ4v) is 2.80. The summed E-state index contributed by atoms with van der Waals surface area (Å²) in [6.07, 6.45) is 0.525. The minimum atomic E-state index is -0.467. The zero-order valence-electron chi connectivity index (χ0n) is 11.0. The van der Waals surface area contributed by atoms with Crippen molar-refractivity contribution in [2.45, 2.75) is 38.9 Å². The first kappa shape index (κ1) is 13.4. The Morgan fingerprint density at radius 1 is 1.61 bits per heavy atom. The van der Waals surface area contributed by atoms with E-state index in [1.165, 1.54) is 10.4 Å². The molecule has 0 radical (unpaired) electrons. The van der Waals surface area contributed by atoms with Crippen LogP contribution in [0.1, 0.15) is 37.3 Å². The average molecular weight is 269 g/mol. The summed E-state index contributed by atoms with van der Waals surface area (Å²) in [6, 6.07) is 2.07. The Bertz CT molecular complexity index is 422. The highest BCUT2D eigenvalue weighted by Crippen LogP contribution is 2.30. The fourth-order valence-electron chi connectivity index (χ4n) is 1.88. The lowest BCUT2D eigenvalue weighted by Gasteiger charge is -2.25. The number of carbonyl (C=O) groups is 1. The van der Waals surface area contributed by atoms with Crippen molar-refractivity contribution < 1.29 is 14.3 Å². The van der Waals surface area contributed by atoms with E-state index >= 15 is 0 Å². The molecule has 0 aliphatic carbocycles. The molecule has 1 aromatic rings. The van der Waals surface area contributed by atoms with Crippen LogP contribution in [0.15, 0.2) is 11.4 Å². The van der Waals surface area contributed by atoms with Crippen LogP contribution in [-0.4, -0.2) is 24.8 Å². The minimum absolute atomic E-state index is 0.0486. The third-order valence-corrected chi connectivity index (χ3v) is 3.60. The number of amides is 1. The molecule has 1 N–H and O–H groups in total. The van der Waals surface area contributed by atoms with Crippen molar-refractivity contribution in [3.05, 3.63) is 21.9 Å². The Balaban J connectivity index is 1.87. The van der Waals surface area contributed by atoms with Gasteiger partial charge in [0.2, 0.25) is 0 Å². The normalized spacial score (nSPS) is 19.2. The highest BCUT2D eigenvalue weighted by Gasteiger charge is 2.23. The topological polar surface area (TPSA) is 47.6 Å². The van der Waals surface area contributed by atoms with Gasteiger partial charge in [-0.2, -0.15) is 0 Å². The minimum Gasteiger partial charge on any atom is -0.444 e. The Morgan fingerprint density at radius 3 is 3.11 bits per heavy atom. The van der Waals surface area contributed by atoms with Gasteiger partial charge in [-0.15, -0.1) is 11.3 Å². The molecule has 1 unspecified atom stereocenters. The monoisotopic (exact) mass is 269 g/mol. The van der Waals surface area contributed by atoms with Crippen LogP contribution < -0.4 is 5.32 Å². The van der Waals surface area contributed by atoms with Crippen LogP contribution in [0, 0.1) is 0 Å². The second-order valence-electron chi connectivity index (χ2n) is 5.29. The van der Waals surface area contributed by atoms with E-state index in [9.17, 15) is 4.79 Å². The lowest BCUT2D eigenvalue weighted by molar-refractivity contribution is 0.0296. The first-order valence-corrected chi connectivity index (χ1v) is 6.98. The van der Waals surface area contributed by atoms with E-state index in [4.69, 9.17) is 9.47 Å². The molecule has 0 bridgehead atoms. The molecule has 0 fully saturated rings. The van der Waals surface area contributed by atoms with Crippen LogP contribution in [-0.2, 0) is 15.9 Å². The summed E-state index contributed by atoms with van der Waals surface area (Å²) in [4.78, 5) is 12.9. The van der Waals surface area contributed by atoms with Gasteiger partial charge in [-0.1, -0.05) is 0 Å². The lowest BCUT2D eigenvalue weighted by atomic mass is 10.1. The third-order valence-electron chi connectivity index (χ3n) is 2.61. The highest BCUT2D eigenvalue weighted by molar-refractivity contribution is 7.10. The van der Waals surface area contributed by atoms with Gasteiger partial charge in [-0.3, -0.25) is 0 Å². The molecule has 1 aromatic heterocycles. The summed E-state index contributed by atoms with van der Waals surface area (Å²) < 4.78 is 10.9. The van der Waals surface area contributed by atoms with E-state index in [2.05, 4.69) is 16.8 Å². The van der Waals surface area contributed by atoms with Crippen LogP contribution in [0.4, 0.5) is 4.79 Å². The molecule has 4 nitrogen and oxygen atoms in total. The van der Waals surface area contributed by atoms with Gasteiger partial charge < -0.3 is 14.8 Å². The Hall–Kier alpha value is -1.07. The summed E-state index contributed by atoms with van der Waals surface area (Å²) in [5.74, 6) is 0. The molecule has 1 aliphatic rings. The largest absolute Gasteiger partial charge is 0.444 e. The summed E-state index contributed by atoms with van der Waals surface area (Å²) in [5, 5.41) is 4.83. The van der Waals surface area contributed by atoms with Gasteiger partial charge in [0.1, 0.15) is 11.7 Å². The van der Waals surface area contributed by atoms with Gasteiger partial charge in [0.05, 0.1) is 13.2 Å². The second kappa shape index (κ2) is 5.28. The molecular formula is C13H19NO3S. The van der Waals surface area contributed by atoms with Crippen molar-refractivity contribution in [1.29, 1.82) is 0 Å². The summed E-state index contributed by atoms with van der Waals surface area (Å²) in [7, 11) is 0. The van der Waals surface area contributed by atoms with Gasteiger partial charge >= 0.3 is 6.09 Å². The van der Waals surface area contributed by atoms with Crippen molar-refractivity contribution >= 4 is 17.4 Å². The molecule has 1 amide bonds. The molecule has 2 rings (SSSR count). The third kappa shape index (κ3) is 3.46. The molecular weight excluding hydrogens is 250 g/mol. The highest BCUT2D eigenvalue weighted by atomic mass is 32.1. The van der Waals surface area contributed by atoms with E-state index in [1.54, 1.807) is 11.3 Å². The Labute approximate surface area is 111 Å². The number of hydrogen-bond donors (Lipinski definition) is 1. The van der Waals surface area contributed by atoms with Gasteiger partial charge in [0, 0.05) is 11.3 Å². The molecule has 2 heterocycles. The van der Waals surface area contributed by atoms with E-state index in [0.29, 0.717) is 13.2 Å². The quantitative estimate of drug-likeness (QED) is 0.898. The lowest BCUT2D eigenvalue weighted by Crippen LogP contribution is -2.36. The number of alkyl carbamates (subject to hydrolysis) is 1. The number of carbonyl (C=O) groups excluding carboxylic acids is 1. The van der Waals surface area contributed by atoms with Crippen molar-refractivity contribution in [3.63, 3.8) is 0 Å². The number of fused-ring (bicyclic) bond motifs is 1. The average Bonchev–Trinajstić information content (AvgIpc) is 2.72. The first-order valence-electron chi connectivity index (χ1n) is 6.10. The molecule has 5 heteroatoms. The molecule has 0 spiro atoms. The molecule has 100 valence electrons. The second-order valence-corrected chi connectivity index (χ2v) is 6.29. The molecule has 0 saturated heterocycles.